The molecule has 4 rings (SSSR count). The molecule has 164 valence electrons. The van der Waals surface area contributed by atoms with Crippen LogP contribution in [0.25, 0.3) is 11.4 Å². The predicted octanol–water partition coefficient (Wildman–Crippen LogP) is 4.31. The summed E-state index contributed by atoms with van der Waals surface area (Å²) < 4.78 is 24.3. The van der Waals surface area contributed by atoms with E-state index in [0.29, 0.717) is 6.61 Å². The number of methoxy groups -OCH3 is 2. The highest BCUT2D eigenvalue weighted by Crippen LogP contribution is 2.28. The molecule has 0 amide bonds. The van der Waals surface area contributed by atoms with Crippen molar-refractivity contribution in [2.24, 2.45) is 0 Å². The minimum absolute atomic E-state index is 0.197. The molecule has 2 heterocycles. The fourth-order valence-corrected chi connectivity index (χ4v) is 4.23. The highest BCUT2D eigenvalue weighted by Gasteiger charge is 2.21. The normalized spacial score (nSPS) is 15.7. The van der Waals surface area contributed by atoms with E-state index < -0.39 is 0 Å². The van der Waals surface area contributed by atoms with Gasteiger partial charge in [-0.2, -0.15) is 0 Å². The van der Waals surface area contributed by atoms with Gasteiger partial charge in [0, 0.05) is 17.9 Å². The molecular formula is C23H27N3O4S. The van der Waals surface area contributed by atoms with Crippen LogP contribution in [0, 0.1) is 0 Å². The average molecular weight is 442 g/mol. The monoisotopic (exact) mass is 441 g/mol. The minimum Gasteiger partial charge on any atom is -0.497 e. The van der Waals surface area contributed by atoms with Crippen molar-refractivity contribution in [2.45, 2.75) is 30.6 Å². The minimum atomic E-state index is 0.197. The lowest BCUT2D eigenvalue weighted by Crippen LogP contribution is -2.17. The maximum atomic E-state index is 5.87. The molecule has 31 heavy (non-hydrogen) atoms. The van der Waals surface area contributed by atoms with Gasteiger partial charge in [0.25, 0.3) is 0 Å². The van der Waals surface area contributed by atoms with Gasteiger partial charge in [-0.25, -0.2) is 0 Å². The van der Waals surface area contributed by atoms with Crippen molar-refractivity contribution in [3.8, 4) is 28.6 Å². The van der Waals surface area contributed by atoms with Crippen LogP contribution >= 0.6 is 11.8 Å². The molecule has 1 saturated heterocycles. The van der Waals surface area contributed by atoms with Crippen LogP contribution in [0.3, 0.4) is 0 Å². The van der Waals surface area contributed by atoms with Crippen molar-refractivity contribution in [1.82, 2.24) is 14.8 Å². The van der Waals surface area contributed by atoms with E-state index in [1.54, 1.807) is 26.0 Å². The average Bonchev–Trinajstić information content (AvgIpc) is 3.48. The van der Waals surface area contributed by atoms with Crippen LogP contribution in [0.1, 0.15) is 12.8 Å². The predicted molar refractivity (Wildman–Crippen MR) is 120 cm³/mol. The zero-order chi connectivity index (χ0) is 21.5. The smallest absolute Gasteiger partial charge is 0.191 e. The molecular weight excluding hydrogens is 414 g/mol. The number of nitrogens with zero attached hydrogens (tertiary/aromatic N) is 3. The van der Waals surface area contributed by atoms with Crippen LogP contribution in [0.5, 0.6) is 17.2 Å². The van der Waals surface area contributed by atoms with Crippen LogP contribution in [0.15, 0.2) is 53.7 Å². The van der Waals surface area contributed by atoms with Gasteiger partial charge in [0.1, 0.15) is 17.2 Å². The molecule has 0 radical (unpaired) electrons. The maximum absolute atomic E-state index is 5.87. The Morgan fingerprint density at radius 3 is 2.29 bits per heavy atom. The molecule has 0 bridgehead atoms. The van der Waals surface area contributed by atoms with E-state index in [2.05, 4.69) is 14.8 Å². The maximum Gasteiger partial charge on any atom is 0.191 e. The van der Waals surface area contributed by atoms with Gasteiger partial charge in [0.05, 0.1) is 33.5 Å². The summed E-state index contributed by atoms with van der Waals surface area (Å²) in [5, 5.41) is 9.82. The summed E-state index contributed by atoms with van der Waals surface area (Å²) in [6.07, 6.45) is 2.36. The summed E-state index contributed by atoms with van der Waals surface area (Å²) in [6.45, 7) is 2.14. The van der Waals surface area contributed by atoms with Crippen molar-refractivity contribution >= 4 is 11.8 Å². The third-order valence-electron chi connectivity index (χ3n) is 5.12. The third-order valence-corrected chi connectivity index (χ3v) is 6.05. The summed E-state index contributed by atoms with van der Waals surface area (Å²) in [4.78, 5) is 0. The molecule has 1 aliphatic rings. The number of ether oxygens (including phenoxy) is 4. The fourth-order valence-electron chi connectivity index (χ4n) is 3.47. The fraction of sp³-hybridized carbons (Fsp3) is 0.391. The quantitative estimate of drug-likeness (QED) is 0.343. The molecule has 1 aromatic heterocycles. The SMILES string of the molecule is COc1ccc(OCCSc2nnc(-c3ccc(OC)cc3)n2C[C@H]2CCCO2)cc1. The van der Waals surface area contributed by atoms with E-state index in [0.717, 1.165) is 65.5 Å². The Balaban J connectivity index is 1.43. The topological polar surface area (TPSA) is 67.6 Å². The molecule has 1 aliphatic heterocycles. The molecule has 3 aromatic rings. The second-order valence-electron chi connectivity index (χ2n) is 7.15. The number of thioether (sulfide) groups is 1. The molecule has 2 aromatic carbocycles. The summed E-state index contributed by atoms with van der Waals surface area (Å²) in [6, 6.07) is 15.5. The standard InChI is InChI=1S/C23H27N3O4S/c1-27-18-7-5-17(6-8-18)22-24-25-23(26(22)16-21-4-3-13-29-21)31-15-14-30-20-11-9-19(28-2)10-12-20/h5-12,21H,3-4,13-16H2,1-2H3/t21-/m1/s1. The molecule has 1 fully saturated rings. The van der Waals surface area contributed by atoms with Gasteiger partial charge in [-0.05, 0) is 61.4 Å². The van der Waals surface area contributed by atoms with E-state index in [1.807, 2.05) is 48.5 Å². The van der Waals surface area contributed by atoms with Crippen molar-refractivity contribution in [2.75, 3.05) is 33.2 Å². The third kappa shape index (κ3) is 5.51. The van der Waals surface area contributed by atoms with Gasteiger partial charge in [-0.3, -0.25) is 4.57 Å². The summed E-state index contributed by atoms with van der Waals surface area (Å²) in [5.41, 5.74) is 1.01. The van der Waals surface area contributed by atoms with Crippen molar-refractivity contribution in [3.05, 3.63) is 48.5 Å². The highest BCUT2D eigenvalue weighted by molar-refractivity contribution is 7.99. The molecule has 8 heteroatoms. The van der Waals surface area contributed by atoms with Crippen LogP contribution in [-0.2, 0) is 11.3 Å². The first-order valence-corrected chi connectivity index (χ1v) is 11.3. The Labute approximate surface area is 186 Å². The second kappa shape index (κ2) is 10.5. The Bertz CT molecular complexity index is 954. The van der Waals surface area contributed by atoms with E-state index in [-0.39, 0.29) is 6.10 Å². The van der Waals surface area contributed by atoms with Crippen LogP contribution < -0.4 is 14.2 Å². The van der Waals surface area contributed by atoms with Crippen molar-refractivity contribution in [1.29, 1.82) is 0 Å². The lowest BCUT2D eigenvalue weighted by atomic mass is 10.2. The zero-order valence-electron chi connectivity index (χ0n) is 17.8. The molecule has 7 nitrogen and oxygen atoms in total. The second-order valence-corrected chi connectivity index (χ2v) is 8.21. The molecule has 0 N–H and O–H groups in total. The van der Waals surface area contributed by atoms with Crippen molar-refractivity contribution < 1.29 is 18.9 Å². The lowest BCUT2D eigenvalue weighted by molar-refractivity contribution is 0.0953. The zero-order valence-corrected chi connectivity index (χ0v) is 18.6. The number of rotatable bonds is 10. The molecule has 0 saturated carbocycles. The van der Waals surface area contributed by atoms with Crippen LogP contribution in [0.4, 0.5) is 0 Å². The molecule has 0 unspecified atom stereocenters. The van der Waals surface area contributed by atoms with E-state index >= 15 is 0 Å². The van der Waals surface area contributed by atoms with Gasteiger partial charge < -0.3 is 18.9 Å². The van der Waals surface area contributed by atoms with Gasteiger partial charge in [-0.15, -0.1) is 10.2 Å². The lowest BCUT2D eigenvalue weighted by Gasteiger charge is -2.15. The molecule has 0 aliphatic carbocycles. The summed E-state index contributed by atoms with van der Waals surface area (Å²) in [5.74, 6) is 4.06. The first-order chi connectivity index (χ1) is 15.3. The van der Waals surface area contributed by atoms with E-state index in [9.17, 15) is 0 Å². The first-order valence-electron chi connectivity index (χ1n) is 10.4. The van der Waals surface area contributed by atoms with E-state index in [4.69, 9.17) is 18.9 Å². The van der Waals surface area contributed by atoms with Gasteiger partial charge in [0.2, 0.25) is 0 Å². The Morgan fingerprint density at radius 2 is 1.65 bits per heavy atom. The summed E-state index contributed by atoms with van der Waals surface area (Å²) in [7, 11) is 3.32. The highest BCUT2D eigenvalue weighted by atomic mass is 32.2. The van der Waals surface area contributed by atoms with Gasteiger partial charge >= 0.3 is 0 Å². The Morgan fingerprint density at radius 1 is 0.968 bits per heavy atom. The van der Waals surface area contributed by atoms with Gasteiger partial charge in [-0.1, -0.05) is 11.8 Å². The van der Waals surface area contributed by atoms with Gasteiger partial charge in [0.15, 0.2) is 11.0 Å². The van der Waals surface area contributed by atoms with Crippen LogP contribution in [0.2, 0.25) is 0 Å². The number of aromatic nitrogens is 3. The molecule has 1 atom stereocenters. The first kappa shape index (κ1) is 21.5. The molecule has 0 spiro atoms. The summed E-state index contributed by atoms with van der Waals surface area (Å²) >= 11 is 1.64. The largest absolute Gasteiger partial charge is 0.497 e. The Kier molecular flexibility index (Phi) is 7.32. The number of benzene rings is 2. The van der Waals surface area contributed by atoms with E-state index in [1.165, 1.54) is 0 Å². The Hall–Kier alpha value is -2.71. The number of hydrogen-bond acceptors (Lipinski definition) is 7. The van der Waals surface area contributed by atoms with Crippen LogP contribution in [-0.4, -0.2) is 54.1 Å². The van der Waals surface area contributed by atoms with Crippen molar-refractivity contribution in [3.63, 3.8) is 0 Å². The number of hydrogen-bond donors (Lipinski definition) is 0.